The van der Waals surface area contributed by atoms with Crippen LogP contribution in [-0.2, 0) is 4.79 Å². The number of rotatable bonds is 7. The number of nitriles is 1. The third-order valence-electron chi connectivity index (χ3n) is 3.63. The lowest BCUT2D eigenvalue weighted by Crippen LogP contribution is -2.16. The number of Topliss-reactive ketones (excluding diaryl/α,β-unsaturated/α-hetero) is 1. The van der Waals surface area contributed by atoms with E-state index in [-0.39, 0.29) is 5.78 Å². The summed E-state index contributed by atoms with van der Waals surface area (Å²) < 4.78 is 11.0. The molecule has 1 aliphatic heterocycles. The Bertz CT molecular complexity index is 533. The Hall–Kier alpha value is -2.02. The monoisotopic (exact) mass is 287 g/mol. The fourth-order valence-corrected chi connectivity index (χ4v) is 2.44. The summed E-state index contributed by atoms with van der Waals surface area (Å²) in [6.45, 7) is 3.16. The second kappa shape index (κ2) is 7.68. The SMILES string of the molecule is CCCCCCC(=O)C(C#N)c1ccc2c(c1)OCCO2. The minimum atomic E-state index is -0.706. The van der Waals surface area contributed by atoms with Crippen LogP contribution in [0.5, 0.6) is 11.5 Å². The van der Waals surface area contributed by atoms with E-state index < -0.39 is 5.92 Å². The Labute approximate surface area is 125 Å². The molecular weight excluding hydrogens is 266 g/mol. The minimum absolute atomic E-state index is 0.00900. The Morgan fingerprint density at radius 1 is 1.24 bits per heavy atom. The Kier molecular flexibility index (Phi) is 5.62. The lowest BCUT2D eigenvalue weighted by Gasteiger charge is -2.19. The molecule has 21 heavy (non-hydrogen) atoms. The summed E-state index contributed by atoms with van der Waals surface area (Å²) in [5.74, 6) is 0.586. The summed E-state index contributed by atoms with van der Waals surface area (Å²) in [5.41, 5.74) is 0.697. The van der Waals surface area contributed by atoms with Gasteiger partial charge in [0, 0.05) is 6.42 Å². The van der Waals surface area contributed by atoms with Crippen molar-refractivity contribution in [2.75, 3.05) is 13.2 Å². The average molecular weight is 287 g/mol. The molecule has 0 saturated carbocycles. The van der Waals surface area contributed by atoms with E-state index in [2.05, 4.69) is 13.0 Å². The van der Waals surface area contributed by atoms with Crippen LogP contribution in [0.25, 0.3) is 0 Å². The molecule has 1 aromatic rings. The predicted molar refractivity (Wildman–Crippen MR) is 79.6 cm³/mol. The average Bonchev–Trinajstić information content (AvgIpc) is 2.52. The molecule has 112 valence electrons. The molecule has 1 heterocycles. The van der Waals surface area contributed by atoms with Crippen molar-refractivity contribution in [1.82, 2.24) is 0 Å². The van der Waals surface area contributed by atoms with Crippen molar-refractivity contribution in [2.24, 2.45) is 0 Å². The topological polar surface area (TPSA) is 59.3 Å². The van der Waals surface area contributed by atoms with Crippen molar-refractivity contribution >= 4 is 5.78 Å². The molecule has 0 aliphatic carbocycles. The van der Waals surface area contributed by atoms with Gasteiger partial charge in [-0.05, 0) is 24.1 Å². The molecule has 0 N–H and O–H groups in total. The van der Waals surface area contributed by atoms with Gasteiger partial charge in [-0.1, -0.05) is 32.3 Å². The van der Waals surface area contributed by atoms with Crippen LogP contribution >= 0.6 is 0 Å². The van der Waals surface area contributed by atoms with Gasteiger partial charge in [0.1, 0.15) is 19.1 Å². The summed E-state index contributed by atoms with van der Waals surface area (Å²) >= 11 is 0. The number of fused-ring (bicyclic) bond motifs is 1. The van der Waals surface area contributed by atoms with Crippen molar-refractivity contribution in [3.8, 4) is 17.6 Å². The van der Waals surface area contributed by atoms with Crippen molar-refractivity contribution in [3.63, 3.8) is 0 Å². The van der Waals surface area contributed by atoms with Crippen molar-refractivity contribution in [1.29, 1.82) is 5.26 Å². The summed E-state index contributed by atoms with van der Waals surface area (Å²) in [5, 5.41) is 9.31. The lowest BCUT2D eigenvalue weighted by atomic mass is 9.92. The molecule has 0 spiro atoms. The Morgan fingerprint density at radius 3 is 2.71 bits per heavy atom. The van der Waals surface area contributed by atoms with Crippen LogP contribution in [-0.4, -0.2) is 19.0 Å². The van der Waals surface area contributed by atoms with Gasteiger partial charge in [-0.25, -0.2) is 0 Å². The van der Waals surface area contributed by atoms with Gasteiger partial charge in [0.15, 0.2) is 17.3 Å². The molecule has 1 unspecified atom stereocenters. The second-order valence-electron chi connectivity index (χ2n) is 5.24. The van der Waals surface area contributed by atoms with Gasteiger partial charge < -0.3 is 9.47 Å². The van der Waals surface area contributed by atoms with E-state index in [1.807, 2.05) is 0 Å². The van der Waals surface area contributed by atoms with Gasteiger partial charge in [0.2, 0.25) is 0 Å². The molecule has 0 aromatic heterocycles. The van der Waals surface area contributed by atoms with E-state index in [9.17, 15) is 10.1 Å². The molecule has 0 bridgehead atoms. The molecular formula is C17H21NO3. The highest BCUT2D eigenvalue weighted by Gasteiger charge is 2.22. The fourth-order valence-electron chi connectivity index (χ4n) is 2.44. The molecule has 0 amide bonds. The highest BCUT2D eigenvalue weighted by molar-refractivity contribution is 5.88. The predicted octanol–water partition coefficient (Wildman–Crippen LogP) is 3.60. The van der Waals surface area contributed by atoms with Gasteiger partial charge in [-0.3, -0.25) is 4.79 Å². The van der Waals surface area contributed by atoms with Gasteiger partial charge in [0.25, 0.3) is 0 Å². The minimum Gasteiger partial charge on any atom is -0.486 e. The summed E-state index contributed by atoms with van der Waals surface area (Å²) in [6.07, 6.45) is 4.64. The first kappa shape index (κ1) is 15.4. The van der Waals surface area contributed by atoms with Gasteiger partial charge >= 0.3 is 0 Å². The van der Waals surface area contributed by atoms with Gasteiger partial charge in [0.05, 0.1) is 6.07 Å². The van der Waals surface area contributed by atoms with Crippen LogP contribution < -0.4 is 9.47 Å². The molecule has 1 aliphatic rings. The lowest BCUT2D eigenvalue weighted by molar-refractivity contribution is -0.119. The third kappa shape index (κ3) is 3.98. The van der Waals surface area contributed by atoms with Crippen LogP contribution in [0.2, 0.25) is 0 Å². The first-order chi connectivity index (χ1) is 10.3. The number of carbonyl (C=O) groups excluding carboxylic acids is 1. The van der Waals surface area contributed by atoms with E-state index in [1.54, 1.807) is 18.2 Å². The van der Waals surface area contributed by atoms with Gasteiger partial charge in [-0.2, -0.15) is 5.26 Å². The zero-order valence-electron chi connectivity index (χ0n) is 12.4. The van der Waals surface area contributed by atoms with Crippen LogP contribution in [0.4, 0.5) is 0 Å². The summed E-state index contributed by atoms with van der Waals surface area (Å²) in [6, 6.07) is 7.44. The number of unbranched alkanes of at least 4 members (excludes halogenated alkanes) is 3. The van der Waals surface area contributed by atoms with Crippen molar-refractivity contribution in [2.45, 2.75) is 44.9 Å². The maximum absolute atomic E-state index is 12.2. The number of carbonyl (C=O) groups is 1. The molecule has 0 fully saturated rings. The fraction of sp³-hybridized carbons (Fsp3) is 0.529. The van der Waals surface area contributed by atoms with Crippen molar-refractivity contribution < 1.29 is 14.3 Å². The number of ether oxygens (including phenoxy) is 2. The molecule has 0 radical (unpaired) electrons. The van der Waals surface area contributed by atoms with Crippen molar-refractivity contribution in [3.05, 3.63) is 23.8 Å². The molecule has 4 heteroatoms. The zero-order chi connectivity index (χ0) is 15.1. The number of hydrogen-bond donors (Lipinski definition) is 0. The molecule has 2 rings (SSSR count). The normalized spacial score (nSPS) is 14.3. The van der Waals surface area contributed by atoms with E-state index in [4.69, 9.17) is 9.47 Å². The number of benzene rings is 1. The van der Waals surface area contributed by atoms with E-state index in [0.717, 1.165) is 25.7 Å². The molecule has 1 atom stereocenters. The highest BCUT2D eigenvalue weighted by Crippen LogP contribution is 2.33. The maximum atomic E-state index is 12.2. The van der Waals surface area contributed by atoms with Crippen LogP contribution in [0, 0.1) is 11.3 Å². The first-order valence-electron chi connectivity index (χ1n) is 7.58. The van der Waals surface area contributed by atoms with E-state index in [0.29, 0.717) is 36.7 Å². The first-order valence-corrected chi connectivity index (χ1v) is 7.58. The standard InChI is InChI=1S/C17H21NO3/c1-2-3-4-5-6-15(19)14(12-18)13-7-8-16-17(11-13)21-10-9-20-16/h7-8,11,14H,2-6,9-10H2,1H3. The van der Waals surface area contributed by atoms with Crippen LogP contribution in [0.1, 0.15) is 50.5 Å². The van der Waals surface area contributed by atoms with Crippen LogP contribution in [0.15, 0.2) is 18.2 Å². The highest BCUT2D eigenvalue weighted by atomic mass is 16.6. The van der Waals surface area contributed by atoms with Crippen LogP contribution in [0.3, 0.4) is 0 Å². The summed E-state index contributed by atoms with van der Waals surface area (Å²) in [7, 11) is 0. The quantitative estimate of drug-likeness (QED) is 0.719. The van der Waals surface area contributed by atoms with E-state index in [1.165, 1.54) is 0 Å². The Morgan fingerprint density at radius 2 is 2.00 bits per heavy atom. The largest absolute Gasteiger partial charge is 0.486 e. The maximum Gasteiger partial charge on any atom is 0.161 e. The zero-order valence-corrected chi connectivity index (χ0v) is 12.4. The molecule has 1 aromatic carbocycles. The Balaban J connectivity index is 2.03. The van der Waals surface area contributed by atoms with E-state index >= 15 is 0 Å². The number of ketones is 1. The number of nitrogens with zero attached hydrogens (tertiary/aromatic N) is 1. The third-order valence-corrected chi connectivity index (χ3v) is 3.63. The number of hydrogen-bond acceptors (Lipinski definition) is 4. The second-order valence-corrected chi connectivity index (χ2v) is 5.24. The smallest absolute Gasteiger partial charge is 0.161 e. The van der Waals surface area contributed by atoms with Gasteiger partial charge in [-0.15, -0.1) is 0 Å². The summed E-state index contributed by atoms with van der Waals surface area (Å²) in [4.78, 5) is 12.2. The molecule has 4 nitrogen and oxygen atoms in total. The molecule has 0 saturated heterocycles.